The van der Waals surface area contributed by atoms with Crippen LogP contribution in [0.3, 0.4) is 0 Å². The molecule has 0 aromatic heterocycles. The van der Waals surface area contributed by atoms with Gasteiger partial charge in [0.15, 0.2) is 29.9 Å². The summed E-state index contributed by atoms with van der Waals surface area (Å²) in [6.07, 6.45) is 12.5. The Kier molecular flexibility index (Phi) is 10.6. The summed E-state index contributed by atoms with van der Waals surface area (Å²) in [6, 6.07) is 10.7. The highest BCUT2D eigenvalue weighted by Gasteiger charge is 2.18. The molecule has 0 bridgehead atoms. The van der Waals surface area contributed by atoms with Crippen LogP contribution in [0.25, 0.3) is 12.2 Å². The van der Waals surface area contributed by atoms with Gasteiger partial charge in [0.1, 0.15) is 11.5 Å². The minimum Gasteiger partial charge on any atom is -0.508 e. The van der Waals surface area contributed by atoms with Crippen LogP contribution in [-0.2, 0) is 20.9 Å². The molecule has 2 aliphatic heterocycles. The monoisotopic (exact) mass is 536 g/mol. The number of rotatable bonds is 11. The largest absolute Gasteiger partial charge is 0.508 e. The van der Waals surface area contributed by atoms with E-state index in [0.717, 1.165) is 55.7 Å². The van der Waals surface area contributed by atoms with E-state index in [-0.39, 0.29) is 30.7 Å². The molecule has 2 heterocycles. The van der Waals surface area contributed by atoms with Crippen molar-refractivity contribution in [2.45, 2.75) is 57.7 Å². The molecule has 2 aromatic rings. The number of carbonyl (C=O) groups excluding carboxylic acids is 1. The first-order chi connectivity index (χ1) is 19.0. The van der Waals surface area contributed by atoms with Crippen molar-refractivity contribution in [2.24, 2.45) is 0 Å². The fourth-order valence-electron chi connectivity index (χ4n) is 4.32. The second-order valence-corrected chi connectivity index (χ2v) is 9.40. The highest BCUT2D eigenvalue weighted by molar-refractivity contribution is 6.02. The van der Waals surface area contributed by atoms with Crippen LogP contribution in [0.15, 0.2) is 60.4 Å². The van der Waals surface area contributed by atoms with Crippen molar-refractivity contribution >= 4 is 17.9 Å². The number of carbonyl (C=O) groups is 1. The Morgan fingerprint density at radius 2 is 1.49 bits per heavy atom. The lowest BCUT2D eigenvalue weighted by Crippen LogP contribution is -2.25. The lowest BCUT2D eigenvalue weighted by molar-refractivity contribution is -0.110. The van der Waals surface area contributed by atoms with Crippen LogP contribution >= 0.6 is 0 Å². The Hall–Kier alpha value is -3.59. The van der Waals surface area contributed by atoms with Gasteiger partial charge in [-0.25, -0.2) is 0 Å². The Morgan fingerprint density at radius 1 is 0.872 bits per heavy atom. The quantitative estimate of drug-likeness (QED) is 0.213. The highest BCUT2D eigenvalue weighted by Crippen LogP contribution is 2.31. The van der Waals surface area contributed by atoms with Crippen LogP contribution in [0.5, 0.6) is 17.2 Å². The molecule has 2 aromatic carbocycles. The predicted molar refractivity (Wildman–Crippen MR) is 148 cm³/mol. The number of methoxy groups -OCH3 is 1. The van der Waals surface area contributed by atoms with Gasteiger partial charge in [-0.05, 0) is 73.2 Å². The fraction of sp³-hybridized carbons (Fsp3) is 0.387. The molecule has 208 valence electrons. The van der Waals surface area contributed by atoms with E-state index in [2.05, 4.69) is 0 Å². The average Bonchev–Trinajstić information content (AvgIpc) is 2.97. The van der Waals surface area contributed by atoms with E-state index in [1.165, 1.54) is 12.2 Å². The molecule has 0 spiro atoms. The van der Waals surface area contributed by atoms with E-state index in [1.54, 1.807) is 43.5 Å². The number of hydrogen-bond donors (Lipinski definition) is 2. The molecular weight excluding hydrogens is 500 g/mol. The van der Waals surface area contributed by atoms with Gasteiger partial charge in [-0.15, -0.1) is 0 Å². The third kappa shape index (κ3) is 8.71. The van der Waals surface area contributed by atoms with Gasteiger partial charge in [-0.2, -0.15) is 0 Å². The second kappa shape index (κ2) is 14.5. The number of aliphatic hydroxyl groups excluding tert-OH is 2. The van der Waals surface area contributed by atoms with Gasteiger partial charge in [-0.3, -0.25) is 4.79 Å². The minimum atomic E-state index is -0.376. The number of aliphatic hydroxyl groups is 2. The van der Waals surface area contributed by atoms with E-state index >= 15 is 0 Å². The Morgan fingerprint density at radius 3 is 2.10 bits per heavy atom. The summed E-state index contributed by atoms with van der Waals surface area (Å²) in [5, 5.41) is 20.0. The van der Waals surface area contributed by atoms with Crippen molar-refractivity contribution in [1.29, 1.82) is 0 Å². The number of hydrogen-bond acceptors (Lipinski definition) is 8. The molecule has 0 saturated carbocycles. The molecule has 39 heavy (non-hydrogen) atoms. The molecule has 8 heteroatoms. The van der Waals surface area contributed by atoms with Crippen LogP contribution in [0.2, 0.25) is 0 Å². The van der Waals surface area contributed by atoms with Crippen LogP contribution in [-0.4, -0.2) is 48.9 Å². The van der Waals surface area contributed by atoms with Crippen molar-refractivity contribution in [3.05, 3.63) is 77.1 Å². The molecule has 2 fully saturated rings. The van der Waals surface area contributed by atoms with Gasteiger partial charge >= 0.3 is 0 Å². The normalized spacial score (nSPS) is 20.3. The first-order valence-electron chi connectivity index (χ1n) is 13.3. The molecule has 2 aliphatic rings. The fourth-order valence-corrected chi connectivity index (χ4v) is 4.32. The van der Waals surface area contributed by atoms with Crippen molar-refractivity contribution in [1.82, 2.24) is 0 Å². The van der Waals surface area contributed by atoms with Crippen molar-refractivity contribution in [2.75, 3.05) is 20.3 Å². The Labute approximate surface area is 229 Å². The summed E-state index contributed by atoms with van der Waals surface area (Å²) in [5.74, 6) is 1.13. The topological polar surface area (TPSA) is 104 Å². The van der Waals surface area contributed by atoms with Crippen molar-refractivity contribution in [3.8, 4) is 17.2 Å². The smallest absolute Gasteiger partial charge is 0.200 e. The third-order valence-corrected chi connectivity index (χ3v) is 6.41. The second-order valence-electron chi connectivity index (χ2n) is 9.40. The van der Waals surface area contributed by atoms with Gasteiger partial charge < -0.3 is 33.9 Å². The van der Waals surface area contributed by atoms with Gasteiger partial charge in [0.2, 0.25) is 0 Å². The van der Waals surface area contributed by atoms with Gasteiger partial charge in [-0.1, -0.05) is 24.3 Å². The maximum atomic E-state index is 12.4. The molecule has 2 atom stereocenters. The zero-order chi connectivity index (χ0) is 27.5. The SMILES string of the molecule is COc1cc(/C=C/C(=O)/C=C(O)/C=C/c2ccc(OC3CCCCO3)c(CO)c2)ccc1OC1CCCCO1. The predicted octanol–water partition coefficient (Wildman–Crippen LogP) is 5.74. The third-order valence-electron chi connectivity index (χ3n) is 6.41. The summed E-state index contributed by atoms with van der Waals surface area (Å²) < 4.78 is 28.5. The van der Waals surface area contributed by atoms with Gasteiger partial charge in [0.25, 0.3) is 0 Å². The van der Waals surface area contributed by atoms with Crippen LogP contribution in [0.1, 0.15) is 55.2 Å². The summed E-state index contributed by atoms with van der Waals surface area (Å²) >= 11 is 0. The van der Waals surface area contributed by atoms with E-state index in [9.17, 15) is 15.0 Å². The molecule has 4 rings (SSSR count). The Balaban J connectivity index is 1.34. The highest BCUT2D eigenvalue weighted by atomic mass is 16.7. The number of ether oxygens (including phenoxy) is 5. The van der Waals surface area contributed by atoms with Crippen LogP contribution in [0, 0.1) is 0 Å². The number of benzene rings is 2. The standard InChI is InChI=1S/C31H36O8/c1-35-29-19-23(11-15-28(29)39-31-7-3-5-17-37-31)9-13-26(34)20-25(33)12-8-22-10-14-27(24(18-22)21-32)38-30-6-2-4-16-36-30/h8-15,18-20,30-33H,2-7,16-17,21H2,1H3/b12-8+,13-9+,25-20-. The maximum absolute atomic E-state index is 12.4. The molecule has 2 unspecified atom stereocenters. The maximum Gasteiger partial charge on any atom is 0.200 e. The van der Waals surface area contributed by atoms with E-state index in [0.29, 0.717) is 36.0 Å². The first-order valence-corrected chi connectivity index (χ1v) is 13.3. The lowest BCUT2D eigenvalue weighted by atomic mass is 10.1. The Bertz CT molecular complexity index is 1190. The van der Waals surface area contributed by atoms with Crippen LogP contribution in [0.4, 0.5) is 0 Å². The molecule has 0 radical (unpaired) electrons. The van der Waals surface area contributed by atoms with Crippen molar-refractivity contribution < 1.29 is 38.7 Å². The average molecular weight is 537 g/mol. The van der Waals surface area contributed by atoms with Crippen LogP contribution < -0.4 is 14.2 Å². The van der Waals surface area contributed by atoms with Gasteiger partial charge in [0.05, 0.1) is 26.9 Å². The summed E-state index contributed by atoms with van der Waals surface area (Å²) in [6.45, 7) is 1.17. The first kappa shape index (κ1) is 28.4. The summed E-state index contributed by atoms with van der Waals surface area (Å²) in [7, 11) is 1.56. The number of allylic oxidation sites excluding steroid dienone is 3. The zero-order valence-corrected chi connectivity index (χ0v) is 22.2. The lowest BCUT2D eigenvalue weighted by Gasteiger charge is -2.24. The molecule has 2 saturated heterocycles. The molecular formula is C31H36O8. The zero-order valence-electron chi connectivity index (χ0n) is 22.2. The van der Waals surface area contributed by atoms with E-state index in [4.69, 9.17) is 23.7 Å². The molecule has 0 amide bonds. The van der Waals surface area contributed by atoms with E-state index < -0.39 is 0 Å². The van der Waals surface area contributed by atoms with Crippen molar-refractivity contribution in [3.63, 3.8) is 0 Å². The molecule has 2 N–H and O–H groups in total. The van der Waals surface area contributed by atoms with Gasteiger partial charge in [0, 0.05) is 24.5 Å². The minimum absolute atomic E-state index is 0.193. The summed E-state index contributed by atoms with van der Waals surface area (Å²) in [4.78, 5) is 12.4. The molecule has 0 aliphatic carbocycles. The molecule has 8 nitrogen and oxygen atoms in total. The van der Waals surface area contributed by atoms with E-state index in [1.807, 2.05) is 12.1 Å². The number of ketones is 1. The summed E-state index contributed by atoms with van der Waals surface area (Å²) in [5.41, 5.74) is 2.11.